The van der Waals surface area contributed by atoms with E-state index in [1.54, 1.807) is 24.5 Å². The maximum Gasteiger partial charge on any atom is 0.292 e. The molecule has 0 atom stereocenters. The van der Waals surface area contributed by atoms with Crippen LogP contribution in [0.3, 0.4) is 0 Å². The van der Waals surface area contributed by atoms with Crippen molar-refractivity contribution in [3.05, 3.63) is 41.6 Å². The molecule has 0 saturated heterocycles. The average molecular weight is 263 g/mol. The molecule has 0 fully saturated rings. The van der Waals surface area contributed by atoms with E-state index in [9.17, 15) is 4.39 Å². The largest absolute Gasteiger partial charge is 0.471 e. The van der Waals surface area contributed by atoms with Crippen LogP contribution in [0.4, 0.5) is 4.39 Å². The summed E-state index contributed by atoms with van der Waals surface area (Å²) in [5.41, 5.74) is 0.801. The minimum absolute atomic E-state index is 0.0197. The molecule has 0 saturated carbocycles. The van der Waals surface area contributed by atoms with Gasteiger partial charge < -0.3 is 14.7 Å². The van der Waals surface area contributed by atoms with Gasteiger partial charge in [-0.2, -0.15) is 0 Å². The predicted molar refractivity (Wildman–Crippen MR) is 61.2 cm³/mol. The van der Waals surface area contributed by atoms with Crippen molar-refractivity contribution in [3.63, 3.8) is 0 Å². The topological polar surface area (TPSA) is 80.3 Å². The lowest BCUT2D eigenvalue weighted by Crippen LogP contribution is -2.03. The van der Waals surface area contributed by atoms with E-state index < -0.39 is 6.67 Å². The number of hydrogen-bond acceptors (Lipinski definition) is 5. The molecule has 6 nitrogen and oxygen atoms in total. The zero-order chi connectivity index (χ0) is 13.7. The van der Waals surface area contributed by atoms with Gasteiger partial charge in [0.2, 0.25) is 5.88 Å². The second kappa shape index (κ2) is 5.73. The quantitative estimate of drug-likeness (QED) is 0.659. The van der Waals surface area contributed by atoms with Gasteiger partial charge in [0.1, 0.15) is 19.0 Å². The number of aromatic nitrogens is 2. The standard InChI is InChI=1S/C12H10FN3O3/c13-6-9-2-1-3-11(19-8-14)10(9)7-18-12-4-5-16(17)15-12/h1-5,17H,6-7H2. The normalized spacial score (nSPS) is 9.89. The maximum absolute atomic E-state index is 12.9. The van der Waals surface area contributed by atoms with Gasteiger partial charge in [-0.3, -0.25) is 0 Å². The van der Waals surface area contributed by atoms with Crippen LogP contribution in [0.15, 0.2) is 30.5 Å². The molecular weight excluding hydrogens is 253 g/mol. The third kappa shape index (κ3) is 2.93. The summed E-state index contributed by atoms with van der Waals surface area (Å²) in [4.78, 5) is 0.600. The molecule has 2 rings (SSSR count). The Bertz CT molecular complexity index is 607. The molecular formula is C12H10FN3O3. The van der Waals surface area contributed by atoms with Crippen LogP contribution in [0.25, 0.3) is 0 Å². The molecule has 98 valence electrons. The minimum atomic E-state index is -0.699. The molecule has 0 aliphatic heterocycles. The van der Waals surface area contributed by atoms with Crippen molar-refractivity contribution < 1.29 is 19.1 Å². The SMILES string of the molecule is N#COc1cccc(CF)c1COc1ccn(O)n1. The van der Waals surface area contributed by atoms with Gasteiger partial charge in [-0.25, -0.2) is 4.39 Å². The van der Waals surface area contributed by atoms with Crippen molar-refractivity contribution in [3.8, 4) is 17.9 Å². The van der Waals surface area contributed by atoms with Gasteiger partial charge in [0.15, 0.2) is 0 Å². The zero-order valence-electron chi connectivity index (χ0n) is 9.78. The Labute approximate surface area is 108 Å². The molecule has 1 N–H and O–H groups in total. The van der Waals surface area contributed by atoms with Crippen molar-refractivity contribution in [2.45, 2.75) is 13.3 Å². The van der Waals surface area contributed by atoms with Gasteiger partial charge in [0.25, 0.3) is 6.26 Å². The van der Waals surface area contributed by atoms with E-state index in [2.05, 4.69) is 5.10 Å². The minimum Gasteiger partial charge on any atom is -0.471 e. The molecule has 1 aromatic carbocycles. The molecule has 0 amide bonds. The van der Waals surface area contributed by atoms with Crippen molar-refractivity contribution in [1.29, 1.82) is 5.26 Å². The Balaban J connectivity index is 2.20. The summed E-state index contributed by atoms with van der Waals surface area (Å²) in [6.07, 6.45) is 2.83. The monoisotopic (exact) mass is 263 g/mol. The van der Waals surface area contributed by atoms with E-state index in [-0.39, 0.29) is 18.2 Å². The van der Waals surface area contributed by atoms with Crippen LogP contribution in [0, 0.1) is 11.5 Å². The summed E-state index contributed by atoms with van der Waals surface area (Å²) in [5, 5.41) is 21.1. The lowest BCUT2D eigenvalue weighted by Gasteiger charge is -2.10. The van der Waals surface area contributed by atoms with E-state index in [1.165, 1.54) is 12.3 Å². The van der Waals surface area contributed by atoms with Crippen molar-refractivity contribution in [1.82, 2.24) is 9.94 Å². The second-order valence-electron chi connectivity index (χ2n) is 3.58. The van der Waals surface area contributed by atoms with Gasteiger partial charge >= 0.3 is 0 Å². The second-order valence-corrected chi connectivity index (χ2v) is 3.58. The molecule has 0 unspecified atom stereocenters. The number of ether oxygens (including phenoxy) is 2. The summed E-state index contributed by atoms with van der Waals surface area (Å²) in [6, 6.07) is 6.16. The molecule has 0 aliphatic rings. The Morgan fingerprint density at radius 3 is 2.89 bits per heavy atom. The highest BCUT2D eigenvalue weighted by atomic mass is 19.1. The van der Waals surface area contributed by atoms with Crippen molar-refractivity contribution >= 4 is 0 Å². The highest BCUT2D eigenvalue weighted by Crippen LogP contribution is 2.24. The first-order chi connectivity index (χ1) is 9.24. The zero-order valence-corrected chi connectivity index (χ0v) is 9.78. The summed E-state index contributed by atoms with van der Waals surface area (Å²) in [7, 11) is 0. The number of rotatable bonds is 5. The highest BCUT2D eigenvalue weighted by molar-refractivity contribution is 5.40. The molecule has 1 heterocycles. The molecule has 0 spiro atoms. The van der Waals surface area contributed by atoms with E-state index in [1.807, 2.05) is 0 Å². The molecule has 0 aliphatic carbocycles. The van der Waals surface area contributed by atoms with Gasteiger partial charge in [-0.15, -0.1) is 10.1 Å². The lowest BCUT2D eigenvalue weighted by atomic mass is 10.1. The lowest BCUT2D eigenvalue weighted by molar-refractivity contribution is 0.141. The van der Waals surface area contributed by atoms with Gasteiger partial charge in [0, 0.05) is 11.6 Å². The van der Waals surface area contributed by atoms with Gasteiger partial charge in [0.05, 0.1) is 6.20 Å². The van der Waals surface area contributed by atoms with Crippen LogP contribution in [-0.4, -0.2) is 15.2 Å². The molecule has 7 heteroatoms. The number of nitrogens with zero attached hydrogens (tertiary/aromatic N) is 3. The first-order valence-corrected chi connectivity index (χ1v) is 5.35. The summed E-state index contributed by atoms with van der Waals surface area (Å²) in [6.45, 7) is -0.718. The number of alkyl halides is 1. The Morgan fingerprint density at radius 2 is 2.26 bits per heavy atom. The summed E-state index contributed by atoms with van der Waals surface area (Å²) >= 11 is 0. The number of hydrogen-bond donors (Lipinski definition) is 1. The summed E-state index contributed by atoms with van der Waals surface area (Å²) in [5.74, 6) is 0.417. The van der Waals surface area contributed by atoms with Crippen LogP contribution in [0.1, 0.15) is 11.1 Å². The molecule has 19 heavy (non-hydrogen) atoms. The fraction of sp³-hybridized carbons (Fsp3) is 0.167. The van der Waals surface area contributed by atoms with Crippen LogP contribution < -0.4 is 9.47 Å². The number of benzene rings is 1. The van der Waals surface area contributed by atoms with Crippen molar-refractivity contribution in [2.24, 2.45) is 0 Å². The predicted octanol–water partition coefficient (Wildman–Crippen LogP) is 2.03. The van der Waals surface area contributed by atoms with Crippen LogP contribution in [0.5, 0.6) is 11.6 Å². The third-order valence-electron chi connectivity index (χ3n) is 2.45. The van der Waals surface area contributed by atoms with Gasteiger partial charge in [-0.1, -0.05) is 17.2 Å². The Kier molecular flexibility index (Phi) is 3.83. The van der Waals surface area contributed by atoms with E-state index in [4.69, 9.17) is 19.9 Å². The first-order valence-electron chi connectivity index (χ1n) is 5.35. The fourth-order valence-corrected chi connectivity index (χ4v) is 1.57. The van der Waals surface area contributed by atoms with E-state index >= 15 is 0 Å². The first kappa shape index (κ1) is 12.7. The van der Waals surface area contributed by atoms with Crippen LogP contribution in [0.2, 0.25) is 0 Å². The third-order valence-corrected chi connectivity index (χ3v) is 2.45. The van der Waals surface area contributed by atoms with Crippen LogP contribution >= 0.6 is 0 Å². The van der Waals surface area contributed by atoms with Crippen LogP contribution in [-0.2, 0) is 13.3 Å². The van der Waals surface area contributed by atoms with Crippen molar-refractivity contribution in [2.75, 3.05) is 0 Å². The smallest absolute Gasteiger partial charge is 0.292 e. The number of nitriles is 1. The summed E-state index contributed by atoms with van der Waals surface area (Å²) < 4.78 is 22.9. The number of halogens is 1. The Hall–Kier alpha value is -2.75. The Morgan fingerprint density at radius 1 is 1.42 bits per heavy atom. The molecule has 0 bridgehead atoms. The maximum atomic E-state index is 12.9. The highest BCUT2D eigenvalue weighted by Gasteiger charge is 2.11. The molecule has 0 radical (unpaired) electrons. The van der Waals surface area contributed by atoms with Gasteiger partial charge in [-0.05, 0) is 11.6 Å². The average Bonchev–Trinajstić information content (AvgIpc) is 2.83. The molecule has 1 aromatic heterocycles. The molecule has 2 aromatic rings. The van der Waals surface area contributed by atoms with E-state index in [0.717, 1.165) is 0 Å². The fourth-order valence-electron chi connectivity index (χ4n) is 1.57. The van der Waals surface area contributed by atoms with E-state index in [0.29, 0.717) is 16.0 Å².